The Bertz CT molecular complexity index is 400. The number of carbonyl (C=O) groups excluding carboxylic acids is 2. The molecule has 1 saturated carbocycles. The van der Waals surface area contributed by atoms with Crippen molar-refractivity contribution in [3.63, 3.8) is 0 Å². The molecule has 0 radical (unpaired) electrons. The number of carbonyl (C=O) groups is 2. The molecule has 0 aliphatic heterocycles. The number of halogens is 1. The fourth-order valence-electron chi connectivity index (χ4n) is 0.998. The van der Waals surface area contributed by atoms with Gasteiger partial charge in [-0.05, 0) is 18.9 Å². The zero-order valence-electron chi connectivity index (χ0n) is 7.66. The lowest BCUT2D eigenvalue weighted by molar-refractivity contribution is -0.138. The highest BCUT2D eigenvalue weighted by Crippen LogP contribution is 2.30. The van der Waals surface area contributed by atoms with Gasteiger partial charge in [-0.15, -0.1) is 11.3 Å². The fourth-order valence-corrected chi connectivity index (χ4v) is 1.95. The minimum absolute atomic E-state index is 0.0809. The molecule has 80 valence electrons. The van der Waals surface area contributed by atoms with E-state index >= 15 is 0 Å². The van der Waals surface area contributed by atoms with Gasteiger partial charge in [0.25, 0.3) is 0 Å². The maximum atomic E-state index is 11.2. The quantitative estimate of drug-likeness (QED) is 0.644. The molecular weight excluding hydrogens is 238 g/mol. The van der Waals surface area contributed by atoms with Crippen molar-refractivity contribution in [2.45, 2.75) is 12.8 Å². The molecule has 1 heterocycles. The van der Waals surface area contributed by atoms with Crippen molar-refractivity contribution in [2.75, 3.05) is 5.32 Å². The number of amides is 1. The van der Waals surface area contributed by atoms with E-state index in [1.54, 1.807) is 11.4 Å². The third kappa shape index (κ3) is 2.94. The first-order valence-corrected chi connectivity index (χ1v) is 5.67. The Hall–Kier alpha value is -1.07. The van der Waals surface area contributed by atoms with Crippen molar-refractivity contribution >= 4 is 40.0 Å². The molecule has 6 heteroatoms. The Morgan fingerprint density at radius 2 is 2.27 bits per heavy atom. The monoisotopic (exact) mass is 245 g/mol. The number of ether oxygens (including phenoxy) is 1. The predicted molar refractivity (Wildman–Crippen MR) is 57.2 cm³/mol. The van der Waals surface area contributed by atoms with Crippen LogP contribution in [-0.4, -0.2) is 12.1 Å². The standard InChI is InChI=1S/C9H8ClNO3S/c10-6-3-7(15-4-6)11-9(13)14-8(12)5-1-2-5/h3-5H,1-2H2,(H,11,13). The van der Waals surface area contributed by atoms with Crippen LogP contribution in [0.5, 0.6) is 0 Å². The molecule has 4 nitrogen and oxygen atoms in total. The fraction of sp³-hybridized carbons (Fsp3) is 0.333. The molecule has 0 bridgehead atoms. The maximum Gasteiger partial charge on any atom is 0.420 e. The first-order valence-electron chi connectivity index (χ1n) is 4.42. The third-order valence-corrected chi connectivity index (χ3v) is 3.09. The average molecular weight is 246 g/mol. The Morgan fingerprint density at radius 1 is 1.53 bits per heavy atom. The van der Waals surface area contributed by atoms with Gasteiger partial charge in [-0.25, -0.2) is 4.79 Å². The SMILES string of the molecule is O=C(Nc1cc(Cl)cs1)OC(=O)C1CC1. The van der Waals surface area contributed by atoms with Crippen LogP contribution in [0, 0.1) is 5.92 Å². The highest BCUT2D eigenvalue weighted by molar-refractivity contribution is 7.14. The molecule has 0 atom stereocenters. The summed E-state index contributed by atoms with van der Waals surface area (Å²) in [6, 6.07) is 1.59. The smallest absolute Gasteiger partial charge is 0.376 e. The van der Waals surface area contributed by atoms with Crippen LogP contribution in [0.2, 0.25) is 5.02 Å². The Morgan fingerprint density at radius 3 is 2.80 bits per heavy atom. The Labute approximate surface area is 95.2 Å². The summed E-state index contributed by atoms with van der Waals surface area (Å²) in [5.74, 6) is -0.530. The molecule has 15 heavy (non-hydrogen) atoms. The van der Waals surface area contributed by atoms with Gasteiger partial charge in [0.1, 0.15) is 0 Å². The number of anilines is 1. The van der Waals surface area contributed by atoms with Crippen LogP contribution in [0.4, 0.5) is 9.80 Å². The van der Waals surface area contributed by atoms with E-state index in [-0.39, 0.29) is 5.92 Å². The second-order valence-corrected chi connectivity index (χ2v) is 4.58. The summed E-state index contributed by atoms with van der Waals surface area (Å²) in [4.78, 5) is 22.3. The second-order valence-electron chi connectivity index (χ2n) is 3.24. The van der Waals surface area contributed by atoms with Crippen molar-refractivity contribution < 1.29 is 14.3 Å². The van der Waals surface area contributed by atoms with Gasteiger partial charge >= 0.3 is 12.1 Å². The summed E-state index contributed by atoms with van der Waals surface area (Å²) < 4.78 is 4.56. The molecule has 0 aromatic carbocycles. The van der Waals surface area contributed by atoms with E-state index in [1.807, 2.05) is 0 Å². The van der Waals surface area contributed by atoms with Crippen molar-refractivity contribution in [1.82, 2.24) is 0 Å². The number of rotatable bonds is 2. The van der Waals surface area contributed by atoms with Crippen LogP contribution in [0.25, 0.3) is 0 Å². The first-order chi connectivity index (χ1) is 7.15. The number of esters is 1. The second kappa shape index (κ2) is 4.20. The van der Waals surface area contributed by atoms with Gasteiger partial charge in [-0.3, -0.25) is 10.1 Å². The molecule has 1 fully saturated rings. The van der Waals surface area contributed by atoms with Crippen LogP contribution in [0.1, 0.15) is 12.8 Å². The summed E-state index contributed by atoms with van der Waals surface area (Å²) in [7, 11) is 0. The van der Waals surface area contributed by atoms with E-state index in [4.69, 9.17) is 11.6 Å². The summed E-state index contributed by atoms with van der Waals surface area (Å²) >= 11 is 6.94. The number of hydrogen-bond acceptors (Lipinski definition) is 4. The van der Waals surface area contributed by atoms with Gasteiger partial charge in [-0.2, -0.15) is 0 Å². The van der Waals surface area contributed by atoms with Crippen LogP contribution in [0.3, 0.4) is 0 Å². The van der Waals surface area contributed by atoms with E-state index in [9.17, 15) is 9.59 Å². The van der Waals surface area contributed by atoms with Gasteiger partial charge in [-0.1, -0.05) is 11.6 Å². The molecule has 1 aromatic rings. The lowest BCUT2D eigenvalue weighted by Crippen LogP contribution is -2.18. The molecule has 0 unspecified atom stereocenters. The zero-order valence-corrected chi connectivity index (χ0v) is 9.23. The minimum atomic E-state index is -0.745. The van der Waals surface area contributed by atoms with Crippen LogP contribution in [-0.2, 0) is 9.53 Å². The van der Waals surface area contributed by atoms with Crippen LogP contribution >= 0.6 is 22.9 Å². The molecule has 0 spiro atoms. The number of hydrogen-bond donors (Lipinski definition) is 1. The molecule has 0 saturated heterocycles. The van der Waals surface area contributed by atoms with Gasteiger partial charge in [0, 0.05) is 5.38 Å². The molecule has 1 aliphatic rings. The van der Waals surface area contributed by atoms with Crippen molar-refractivity contribution in [2.24, 2.45) is 5.92 Å². The zero-order chi connectivity index (χ0) is 10.8. The van der Waals surface area contributed by atoms with Crippen molar-refractivity contribution in [3.8, 4) is 0 Å². The van der Waals surface area contributed by atoms with E-state index < -0.39 is 12.1 Å². The molecular formula is C9H8ClNO3S. The first kappa shape index (κ1) is 10.4. The Balaban J connectivity index is 1.84. The number of thiophene rings is 1. The van der Waals surface area contributed by atoms with Crippen LogP contribution < -0.4 is 5.32 Å². The van der Waals surface area contributed by atoms with E-state index in [0.29, 0.717) is 10.0 Å². The van der Waals surface area contributed by atoms with Crippen molar-refractivity contribution in [3.05, 3.63) is 16.5 Å². The van der Waals surface area contributed by atoms with Crippen molar-refractivity contribution in [1.29, 1.82) is 0 Å². The lowest BCUT2D eigenvalue weighted by Gasteiger charge is -2.01. The minimum Gasteiger partial charge on any atom is -0.376 e. The van der Waals surface area contributed by atoms with Gasteiger partial charge in [0.05, 0.1) is 15.9 Å². The van der Waals surface area contributed by atoms with Gasteiger partial charge in [0.2, 0.25) is 0 Å². The molecule has 1 amide bonds. The number of nitrogens with one attached hydrogen (secondary N) is 1. The average Bonchev–Trinajstić information content (AvgIpc) is 2.92. The molecule has 1 aromatic heterocycles. The van der Waals surface area contributed by atoms with E-state index in [2.05, 4.69) is 10.1 Å². The molecule has 1 aliphatic carbocycles. The van der Waals surface area contributed by atoms with Gasteiger partial charge < -0.3 is 4.74 Å². The third-order valence-electron chi connectivity index (χ3n) is 1.90. The lowest BCUT2D eigenvalue weighted by atomic mass is 10.4. The van der Waals surface area contributed by atoms with Crippen LogP contribution in [0.15, 0.2) is 11.4 Å². The summed E-state index contributed by atoms with van der Waals surface area (Å²) in [6.45, 7) is 0. The molecule has 1 N–H and O–H groups in total. The largest absolute Gasteiger partial charge is 0.420 e. The normalized spacial score (nSPS) is 14.7. The summed E-state index contributed by atoms with van der Waals surface area (Å²) in [5.41, 5.74) is 0. The van der Waals surface area contributed by atoms with Gasteiger partial charge in [0.15, 0.2) is 0 Å². The highest BCUT2D eigenvalue weighted by atomic mass is 35.5. The molecule has 2 rings (SSSR count). The predicted octanol–water partition coefficient (Wildman–Crippen LogP) is 2.89. The highest BCUT2D eigenvalue weighted by Gasteiger charge is 2.32. The Kier molecular flexibility index (Phi) is 2.93. The topological polar surface area (TPSA) is 55.4 Å². The summed E-state index contributed by atoms with van der Waals surface area (Å²) in [5, 5.41) is 5.22. The summed E-state index contributed by atoms with van der Waals surface area (Å²) in [6.07, 6.45) is 0.888. The van der Waals surface area contributed by atoms with E-state index in [0.717, 1.165) is 12.8 Å². The van der Waals surface area contributed by atoms with E-state index in [1.165, 1.54) is 11.3 Å². The maximum absolute atomic E-state index is 11.2.